The second-order valence-electron chi connectivity index (χ2n) is 4.16. The Morgan fingerprint density at radius 3 is 3.12 bits per heavy atom. The zero-order valence-electron chi connectivity index (χ0n) is 9.23. The van der Waals surface area contributed by atoms with Crippen LogP contribution < -0.4 is 5.32 Å². The van der Waals surface area contributed by atoms with Crippen molar-refractivity contribution < 1.29 is 0 Å². The minimum Gasteiger partial charge on any atom is -0.314 e. The highest BCUT2D eigenvalue weighted by Gasteiger charge is 2.29. The number of rotatable bonds is 3. The van der Waals surface area contributed by atoms with Crippen LogP contribution in [0.1, 0.15) is 27.7 Å². The third-order valence-corrected chi connectivity index (χ3v) is 4.09. The van der Waals surface area contributed by atoms with Crippen molar-refractivity contribution in [2.24, 2.45) is 0 Å². The minimum atomic E-state index is 0.548. The van der Waals surface area contributed by atoms with Gasteiger partial charge in [0.15, 0.2) is 0 Å². The molecule has 3 rings (SSSR count). The molecule has 1 N–H and O–H groups in total. The lowest BCUT2D eigenvalue weighted by Crippen LogP contribution is -2.17. The quantitative estimate of drug-likeness (QED) is 0.876. The van der Waals surface area contributed by atoms with Gasteiger partial charge >= 0.3 is 0 Å². The summed E-state index contributed by atoms with van der Waals surface area (Å²) in [5, 5.41) is 6.56. The van der Waals surface area contributed by atoms with Crippen LogP contribution in [0.15, 0.2) is 29.6 Å². The summed E-state index contributed by atoms with van der Waals surface area (Å²) in [4.78, 5) is 4.68. The maximum Gasteiger partial charge on any atom is 0.101 e. The summed E-state index contributed by atoms with van der Waals surface area (Å²) < 4.78 is 0. The lowest BCUT2D eigenvalue weighted by atomic mass is 9.78. The minimum absolute atomic E-state index is 0.548. The molecule has 0 amide bonds. The molecule has 0 bridgehead atoms. The predicted octanol–water partition coefficient (Wildman–Crippen LogP) is 2.55. The van der Waals surface area contributed by atoms with Crippen LogP contribution in [0.4, 0.5) is 0 Å². The summed E-state index contributed by atoms with van der Waals surface area (Å²) in [6.07, 6.45) is 1.16. The fourth-order valence-electron chi connectivity index (χ4n) is 2.22. The number of aromatic nitrogens is 1. The molecule has 1 unspecified atom stereocenters. The van der Waals surface area contributed by atoms with E-state index in [2.05, 4.69) is 39.9 Å². The molecule has 0 radical (unpaired) electrons. The van der Waals surface area contributed by atoms with Crippen LogP contribution in [0.2, 0.25) is 0 Å². The molecule has 0 aliphatic heterocycles. The molecule has 82 valence electrons. The van der Waals surface area contributed by atoms with Gasteiger partial charge in [0.1, 0.15) is 5.01 Å². The standard InChI is InChI=1S/C13H14N2S/c1-14-7-10-8-16-13(15-10)12-6-9-4-2-3-5-11(9)12/h2-5,8,12,14H,6-7H2,1H3. The largest absolute Gasteiger partial charge is 0.314 e. The fourth-order valence-corrected chi connectivity index (χ4v) is 3.16. The first-order valence-electron chi connectivity index (χ1n) is 5.55. The van der Waals surface area contributed by atoms with Gasteiger partial charge in [-0.25, -0.2) is 4.98 Å². The van der Waals surface area contributed by atoms with Crippen LogP contribution in [0.25, 0.3) is 0 Å². The summed E-state index contributed by atoms with van der Waals surface area (Å²) in [6, 6.07) is 8.67. The second-order valence-corrected chi connectivity index (χ2v) is 5.05. The van der Waals surface area contributed by atoms with Crippen molar-refractivity contribution in [3.63, 3.8) is 0 Å². The Kier molecular flexibility index (Phi) is 2.50. The molecule has 0 fully saturated rings. The molecule has 3 heteroatoms. The Labute approximate surface area is 99.4 Å². The summed E-state index contributed by atoms with van der Waals surface area (Å²) in [7, 11) is 1.96. The molecule has 1 aliphatic carbocycles. The molecule has 1 heterocycles. The Bertz CT molecular complexity index is 504. The third-order valence-electron chi connectivity index (χ3n) is 3.08. The summed E-state index contributed by atoms with van der Waals surface area (Å²) >= 11 is 1.79. The molecule has 0 saturated carbocycles. The van der Waals surface area contributed by atoms with E-state index in [1.165, 1.54) is 16.1 Å². The summed E-state index contributed by atoms with van der Waals surface area (Å²) in [5.74, 6) is 0.548. The number of hydrogen-bond acceptors (Lipinski definition) is 3. The monoisotopic (exact) mass is 230 g/mol. The number of thiazole rings is 1. The van der Waals surface area contributed by atoms with E-state index in [1.54, 1.807) is 11.3 Å². The van der Waals surface area contributed by atoms with Gasteiger partial charge in [-0.2, -0.15) is 0 Å². The van der Waals surface area contributed by atoms with Crippen LogP contribution >= 0.6 is 11.3 Å². The van der Waals surface area contributed by atoms with Crippen molar-refractivity contribution in [2.75, 3.05) is 7.05 Å². The first kappa shape index (κ1) is 10.00. The highest BCUT2D eigenvalue weighted by Crippen LogP contribution is 2.40. The van der Waals surface area contributed by atoms with E-state index in [0.717, 1.165) is 18.7 Å². The van der Waals surface area contributed by atoms with Crippen LogP contribution in [0, 0.1) is 0 Å². The topological polar surface area (TPSA) is 24.9 Å². The van der Waals surface area contributed by atoms with Gasteiger partial charge in [-0.15, -0.1) is 11.3 Å². The molecule has 0 saturated heterocycles. The molecule has 1 aromatic carbocycles. The van der Waals surface area contributed by atoms with E-state index >= 15 is 0 Å². The van der Waals surface area contributed by atoms with Crippen LogP contribution in [0.3, 0.4) is 0 Å². The molecule has 1 aromatic heterocycles. The first-order valence-corrected chi connectivity index (χ1v) is 6.43. The second kappa shape index (κ2) is 4.00. The van der Waals surface area contributed by atoms with E-state index in [9.17, 15) is 0 Å². The smallest absolute Gasteiger partial charge is 0.101 e. The highest BCUT2D eigenvalue weighted by atomic mass is 32.1. The van der Waals surface area contributed by atoms with Crippen molar-refractivity contribution >= 4 is 11.3 Å². The number of benzene rings is 1. The van der Waals surface area contributed by atoms with Crippen LogP contribution in [-0.4, -0.2) is 12.0 Å². The Hall–Kier alpha value is -1.19. The molecule has 16 heavy (non-hydrogen) atoms. The molecular weight excluding hydrogens is 216 g/mol. The van der Waals surface area contributed by atoms with Crippen molar-refractivity contribution in [3.8, 4) is 0 Å². The Balaban J connectivity index is 1.85. The zero-order chi connectivity index (χ0) is 11.0. The Morgan fingerprint density at radius 1 is 1.44 bits per heavy atom. The zero-order valence-corrected chi connectivity index (χ0v) is 10.1. The van der Waals surface area contributed by atoms with Crippen LogP contribution in [-0.2, 0) is 13.0 Å². The van der Waals surface area contributed by atoms with Gasteiger partial charge in [-0.1, -0.05) is 24.3 Å². The van der Waals surface area contributed by atoms with Gasteiger partial charge in [0.25, 0.3) is 0 Å². The molecule has 2 aromatic rings. The van der Waals surface area contributed by atoms with Gasteiger partial charge < -0.3 is 5.32 Å². The van der Waals surface area contributed by atoms with Gasteiger partial charge in [-0.3, -0.25) is 0 Å². The van der Waals surface area contributed by atoms with Crippen LogP contribution in [0.5, 0.6) is 0 Å². The van der Waals surface area contributed by atoms with E-state index < -0.39 is 0 Å². The van der Waals surface area contributed by atoms with Crippen molar-refractivity contribution in [1.82, 2.24) is 10.3 Å². The van der Waals surface area contributed by atoms with E-state index in [0.29, 0.717) is 5.92 Å². The van der Waals surface area contributed by atoms with Crippen molar-refractivity contribution in [2.45, 2.75) is 18.9 Å². The predicted molar refractivity (Wildman–Crippen MR) is 66.9 cm³/mol. The summed E-state index contributed by atoms with van der Waals surface area (Å²) in [5.41, 5.74) is 4.11. The number of nitrogens with zero attached hydrogens (tertiary/aromatic N) is 1. The molecule has 1 atom stereocenters. The first-order chi connectivity index (χ1) is 7.88. The van der Waals surface area contributed by atoms with Gasteiger partial charge in [0.2, 0.25) is 0 Å². The lowest BCUT2D eigenvalue weighted by Gasteiger charge is -2.28. The lowest BCUT2D eigenvalue weighted by molar-refractivity contribution is 0.693. The number of fused-ring (bicyclic) bond motifs is 1. The van der Waals surface area contributed by atoms with E-state index in [1.807, 2.05) is 7.05 Å². The fraction of sp³-hybridized carbons (Fsp3) is 0.308. The van der Waals surface area contributed by atoms with Gasteiger partial charge in [0, 0.05) is 17.8 Å². The SMILES string of the molecule is CNCc1csc(C2Cc3ccccc32)n1. The maximum atomic E-state index is 4.68. The molecule has 2 nitrogen and oxygen atoms in total. The van der Waals surface area contributed by atoms with E-state index in [4.69, 9.17) is 0 Å². The average molecular weight is 230 g/mol. The van der Waals surface area contributed by atoms with Crippen molar-refractivity contribution in [1.29, 1.82) is 0 Å². The molecule has 1 aliphatic rings. The van der Waals surface area contributed by atoms with Gasteiger partial charge in [-0.05, 0) is 24.6 Å². The highest BCUT2D eigenvalue weighted by molar-refractivity contribution is 7.09. The number of hydrogen-bond donors (Lipinski definition) is 1. The molecule has 0 spiro atoms. The maximum absolute atomic E-state index is 4.68. The average Bonchev–Trinajstić information content (AvgIpc) is 2.69. The van der Waals surface area contributed by atoms with E-state index in [-0.39, 0.29) is 0 Å². The summed E-state index contributed by atoms with van der Waals surface area (Å²) in [6.45, 7) is 0.866. The molecular formula is C13H14N2S. The van der Waals surface area contributed by atoms with Crippen molar-refractivity contribution in [3.05, 3.63) is 51.5 Å². The Morgan fingerprint density at radius 2 is 2.31 bits per heavy atom. The van der Waals surface area contributed by atoms with Gasteiger partial charge in [0.05, 0.1) is 5.69 Å². The normalized spacial score (nSPS) is 17.9. The number of nitrogens with one attached hydrogen (secondary N) is 1. The third kappa shape index (κ3) is 1.56.